The van der Waals surface area contributed by atoms with Gasteiger partial charge in [-0.2, -0.15) is 0 Å². The lowest BCUT2D eigenvalue weighted by Gasteiger charge is -2.40. The van der Waals surface area contributed by atoms with Crippen molar-refractivity contribution < 1.29 is 9.15 Å². The van der Waals surface area contributed by atoms with Crippen molar-refractivity contribution >= 4 is 50.8 Å². The van der Waals surface area contributed by atoms with E-state index in [-0.39, 0.29) is 0 Å². The second-order valence-electron chi connectivity index (χ2n) is 17.8. The molecule has 11 aromatic rings. The van der Waals surface area contributed by atoms with Crippen LogP contribution in [0.25, 0.3) is 44.2 Å². The number of hydrogen-bond donors (Lipinski definition) is 0. The Balaban J connectivity index is 1.03. The number of rotatable bonds is 3. The summed E-state index contributed by atoms with van der Waals surface area (Å²) < 4.78 is 13.3. The van der Waals surface area contributed by atoms with Crippen molar-refractivity contribution in [3.05, 3.63) is 269 Å². The smallest absolute Gasteiger partial charge is 0.137 e. The molecule has 0 unspecified atom stereocenters. The SMILES string of the molecule is c1ccc2c(c1)Oc1ccccc1C21c2ccccc2-c2cc(N(c3ccc4c(c3)oc3ccccc34)c3cccc4c3-c3ccccc3C43c4ccccc4Sc4ccccc43)ccc21. The van der Waals surface area contributed by atoms with Gasteiger partial charge in [0.1, 0.15) is 22.7 Å². The van der Waals surface area contributed by atoms with Crippen molar-refractivity contribution in [1.29, 1.82) is 0 Å². The van der Waals surface area contributed by atoms with Crippen molar-refractivity contribution in [1.82, 2.24) is 0 Å². The number of benzene rings is 10. The number of para-hydroxylation sites is 3. The number of fused-ring (bicyclic) bond motifs is 21. The molecule has 0 saturated heterocycles. The van der Waals surface area contributed by atoms with Gasteiger partial charge in [-0.15, -0.1) is 0 Å². The summed E-state index contributed by atoms with van der Waals surface area (Å²) in [7, 11) is 0. The average molecular weight is 860 g/mol. The number of ether oxygens (including phenoxy) is 1. The molecule has 15 rings (SSSR count). The Labute approximate surface area is 386 Å². The van der Waals surface area contributed by atoms with Crippen molar-refractivity contribution in [2.45, 2.75) is 20.6 Å². The molecule has 66 heavy (non-hydrogen) atoms. The zero-order valence-corrected chi connectivity index (χ0v) is 36.4. The Kier molecular flexibility index (Phi) is 7.29. The lowest BCUT2D eigenvalue weighted by molar-refractivity contribution is 0.436. The van der Waals surface area contributed by atoms with Gasteiger partial charge in [0, 0.05) is 54.7 Å². The van der Waals surface area contributed by atoms with E-state index in [9.17, 15) is 0 Å². The van der Waals surface area contributed by atoms with E-state index in [0.29, 0.717) is 0 Å². The van der Waals surface area contributed by atoms with E-state index in [1.165, 1.54) is 65.4 Å². The molecule has 0 fully saturated rings. The van der Waals surface area contributed by atoms with Gasteiger partial charge in [-0.25, -0.2) is 0 Å². The summed E-state index contributed by atoms with van der Waals surface area (Å²) in [5, 5.41) is 2.22. The number of furan rings is 1. The first kappa shape index (κ1) is 36.3. The van der Waals surface area contributed by atoms with Crippen LogP contribution in [0.2, 0.25) is 0 Å². The van der Waals surface area contributed by atoms with Gasteiger partial charge in [-0.1, -0.05) is 169 Å². The second-order valence-corrected chi connectivity index (χ2v) is 18.9. The van der Waals surface area contributed by atoms with Gasteiger partial charge in [0.05, 0.1) is 16.5 Å². The van der Waals surface area contributed by atoms with E-state index in [4.69, 9.17) is 9.15 Å². The fraction of sp³-hybridized carbons (Fsp3) is 0.0323. The fourth-order valence-electron chi connectivity index (χ4n) is 12.3. The van der Waals surface area contributed by atoms with Crippen molar-refractivity contribution in [2.24, 2.45) is 0 Å². The van der Waals surface area contributed by atoms with Crippen LogP contribution < -0.4 is 9.64 Å². The Morgan fingerprint density at radius 2 is 0.864 bits per heavy atom. The average Bonchev–Trinajstić information content (AvgIpc) is 3.99. The Morgan fingerprint density at radius 3 is 1.61 bits per heavy atom. The Hall–Kier alpha value is -8.05. The minimum absolute atomic E-state index is 0.512. The molecule has 0 amide bonds. The molecule has 10 aromatic carbocycles. The molecule has 0 saturated carbocycles. The molecule has 2 aliphatic heterocycles. The van der Waals surface area contributed by atoms with Crippen LogP contribution in [0.15, 0.2) is 239 Å². The number of nitrogens with zero attached hydrogens (tertiary/aromatic N) is 1. The third-order valence-corrected chi connectivity index (χ3v) is 16.0. The van der Waals surface area contributed by atoms with Crippen molar-refractivity contribution in [3.8, 4) is 33.8 Å². The van der Waals surface area contributed by atoms with Crippen LogP contribution in [0.4, 0.5) is 17.1 Å². The maximum Gasteiger partial charge on any atom is 0.137 e. The third-order valence-electron chi connectivity index (χ3n) is 14.8. The van der Waals surface area contributed by atoms with Crippen LogP contribution in [0.5, 0.6) is 11.5 Å². The standard InChI is InChI=1S/C62H37NO2S/c1-4-19-45-40(16-1)44-36-38(33-35-47(44)61(45)48-21-6-11-28-55(48)65-56-29-12-7-22-49(56)61)63(39-32-34-42-41-17-3-10-27-54(41)64-57(42)37-39)53-26-15-25-52-60(53)43-18-2-5-20-46(43)62(52)50-23-8-13-30-58(50)66-59-31-14-9-24-51(59)62/h1-37H. The van der Waals surface area contributed by atoms with Gasteiger partial charge in [-0.05, 0) is 111 Å². The first-order valence-electron chi connectivity index (χ1n) is 22.7. The first-order chi connectivity index (χ1) is 32.7. The van der Waals surface area contributed by atoms with Gasteiger partial charge in [0.2, 0.25) is 0 Å². The predicted octanol–water partition coefficient (Wildman–Crippen LogP) is 16.4. The highest BCUT2D eigenvalue weighted by molar-refractivity contribution is 7.99. The molecule has 0 atom stereocenters. The monoisotopic (exact) mass is 859 g/mol. The van der Waals surface area contributed by atoms with E-state index in [1.807, 2.05) is 17.8 Å². The molecule has 2 spiro atoms. The molecule has 2 aliphatic carbocycles. The van der Waals surface area contributed by atoms with Gasteiger partial charge in [0.25, 0.3) is 0 Å². The van der Waals surface area contributed by atoms with E-state index < -0.39 is 10.8 Å². The summed E-state index contributed by atoms with van der Waals surface area (Å²) in [6.45, 7) is 0. The van der Waals surface area contributed by atoms with Gasteiger partial charge < -0.3 is 14.1 Å². The molecule has 0 N–H and O–H groups in total. The van der Waals surface area contributed by atoms with E-state index in [1.54, 1.807) is 0 Å². The first-order valence-corrected chi connectivity index (χ1v) is 23.5. The molecule has 3 heterocycles. The normalized spacial score (nSPS) is 14.7. The molecule has 0 radical (unpaired) electrons. The highest BCUT2D eigenvalue weighted by Gasteiger charge is 2.53. The van der Waals surface area contributed by atoms with Crippen molar-refractivity contribution in [2.75, 3.05) is 4.90 Å². The molecular weight excluding hydrogens is 823 g/mol. The molecule has 1 aromatic heterocycles. The van der Waals surface area contributed by atoms with E-state index in [0.717, 1.165) is 61.6 Å². The van der Waals surface area contributed by atoms with Gasteiger partial charge in [0.15, 0.2) is 0 Å². The van der Waals surface area contributed by atoms with Crippen LogP contribution in [0.1, 0.15) is 44.5 Å². The lowest BCUT2D eigenvalue weighted by Crippen LogP contribution is -2.32. The van der Waals surface area contributed by atoms with Crippen LogP contribution in [0.3, 0.4) is 0 Å². The molecule has 0 bridgehead atoms. The zero-order chi connectivity index (χ0) is 43.1. The maximum atomic E-state index is 6.67. The largest absolute Gasteiger partial charge is 0.457 e. The van der Waals surface area contributed by atoms with Crippen molar-refractivity contribution in [3.63, 3.8) is 0 Å². The Morgan fingerprint density at radius 1 is 0.348 bits per heavy atom. The summed E-state index contributed by atoms with van der Waals surface area (Å²) in [5.41, 5.74) is 18.9. The molecular formula is C62H37NO2S. The zero-order valence-electron chi connectivity index (χ0n) is 35.5. The Bertz CT molecular complexity index is 3790. The quantitative estimate of drug-likeness (QED) is 0.177. The van der Waals surface area contributed by atoms with Gasteiger partial charge in [-0.3, -0.25) is 0 Å². The maximum absolute atomic E-state index is 6.67. The highest BCUT2D eigenvalue weighted by Crippen LogP contribution is 2.66. The van der Waals surface area contributed by atoms with E-state index >= 15 is 0 Å². The van der Waals surface area contributed by atoms with E-state index in [2.05, 4.69) is 223 Å². The second kappa shape index (κ2) is 13.3. The fourth-order valence-corrected chi connectivity index (χ4v) is 13.5. The molecule has 4 aliphatic rings. The predicted molar refractivity (Wildman–Crippen MR) is 267 cm³/mol. The minimum Gasteiger partial charge on any atom is -0.457 e. The lowest BCUT2D eigenvalue weighted by atomic mass is 9.66. The van der Waals surface area contributed by atoms with Crippen LogP contribution >= 0.6 is 11.8 Å². The molecule has 4 heteroatoms. The summed E-state index contributed by atoms with van der Waals surface area (Å²) >= 11 is 1.88. The minimum atomic E-state index is -0.562. The van der Waals surface area contributed by atoms with Crippen LogP contribution in [0, 0.1) is 0 Å². The molecule has 308 valence electrons. The van der Waals surface area contributed by atoms with Crippen LogP contribution in [-0.4, -0.2) is 0 Å². The van der Waals surface area contributed by atoms with Crippen LogP contribution in [-0.2, 0) is 10.8 Å². The summed E-state index contributed by atoms with van der Waals surface area (Å²) in [6.07, 6.45) is 0. The number of hydrogen-bond acceptors (Lipinski definition) is 4. The topological polar surface area (TPSA) is 25.6 Å². The third kappa shape index (κ3) is 4.54. The van der Waals surface area contributed by atoms with Gasteiger partial charge >= 0.3 is 0 Å². The summed E-state index contributed by atoms with van der Waals surface area (Å²) in [5.74, 6) is 1.78. The molecule has 3 nitrogen and oxygen atoms in total. The summed E-state index contributed by atoms with van der Waals surface area (Å²) in [4.78, 5) is 5.06. The summed E-state index contributed by atoms with van der Waals surface area (Å²) in [6, 6.07) is 82.5. The highest BCUT2D eigenvalue weighted by atomic mass is 32.2. The number of anilines is 3.